The van der Waals surface area contributed by atoms with Crippen LogP contribution in [-0.2, 0) is 9.53 Å². The van der Waals surface area contributed by atoms with E-state index in [0.29, 0.717) is 26.4 Å². The molecule has 0 radical (unpaired) electrons. The number of carbonyl (C=O) groups is 1. The number of aliphatic hydroxyl groups excluding tert-OH is 1. The van der Waals surface area contributed by atoms with Crippen molar-refractivity contribution >= 4 is 5.91 Å². The van der Waals surface area contributed by atoms with E-state index in [1.165, 1.54) is 0 Å². The fourth-order valence-corrected chi connectivity index (χ4v) is 1.92. The topological polar surface area (TPSA) is 67.8 Å². The maximum Gasteiger partial charge on any atom is 0.231 e. The monoisotopic (exact) mass is 251 g/mol. The van der Waals surface area contributed by atoms with Crippen LogP contribution in [0.4, 0.5) is 0 Å². The van der Waals surface area contributed by atoms with Gasteiger partial charge in [0.2, 0.25) is 5.91 Å². The van der Waals surface area contributed by atoms with Crippen LogP contribution in [0.3, 0.4) is 0 Å². The average molecular weight is 251 g/mol. The van der Waals surface area contributed by atoms with Crippen LogP contribution in [0.1, 0.15) is 11.5 Å². The van der Waals surface area contributed by atoms with Crippen molar-refractivity contribution in [3.05, 3.63) is 29.8 Å². The second kappa shape index (κ2) is 6.37. The molecule has 1 aromatic rings. The van der Waals surface area contributed by atoms with Crippen LogP contribution < -0.4 is 10.1 Å². The minimum absolute atomic E-state index is 0.00220. The summed E-state index contributed by atoms with van der Waals surface area (Å²) < 4.78 is 10.5. The van der Waals surface area contributed by atoms with Crippen molar-refractivity contribution < 1.29 is 19.4 Å². The molecule has 1 aliphatic heterocycles. The van der Waals surface area contributed by atoms with Crippen molar-refractivity contribution in [3.63, 3.8) is 0 Å². The minimum atomic E-state index is -0.237. The molecule has 1 amide bonds. The van der Waals surface area contributed by atoms with Crippen molar-refractivity contribution in [1.29, 1.82) is 0 Å². The van der Waals surface area contributed by atoms with Gasteiger partial charge in [0.15, 0.2) is 0 Å². The highest BCUT2D eigenvalue weighted by atomic mass is 16.5. The Hall–Kier alpha value is -1.59. The summed E-state index contributed by atoms with van der Waals surface area (Å²) >= 11 is 0. The van der Waals surface area contributed by atoms with Crippen LogP contribution in [0.5, 0.6) is 5.75 Å². The predicted molar refractivity (Wildman–Crippen MR) is 65.6 cm³/mol. The van der Waals surface area contributed by atoms with E-state index in [2.05, 4.69) is 5.32 Å². The molecule has 18 heavy (non-hydrogen) atoms. The van der Waals surface area contributed by atoms with Gasteiger partial charge in [-0.05, 0) is 6.07 Å². The van der Waals surface area contributed by atoms with Gasteiger partial charge in [0.05, 0.1) is 19.8 Å². The Morgan fingerprint density at radius 1 is 1.44 bits per heavy atom. The van der Waals surface area contributed by atoms with Crippen molar-refractivity contribution in [3.8, 4) is 5.75 Å². The largest absolute Gasteiger partial charge is 0.492 e. The number of carbonyl (C=O) groups excluding carboxylic acids is 1. The SMILES string of the molecule is O=C(NCCOCCO)C1COc2ccccc21. The van der Waals surface area contributed by atoms with Gasteiger partial charge in [-0.15, -0.1) is 0 Å². The van der Waals surface area contributed by atoms with Gasteiger partial charge in [-0.1, -0.05) is 18.2 Å². The molecule has 1 heterocycles. The molecule has 98 valence electrons. The van der Waals surface area contributed by atoms with E-state index in [-0.39, 0.29) is 18.4 Å². The number of hydrogen-bond donors (Lipinski definition) is 2. The first-order valence-corrected chi connectivity index (χ1v) is 6.01. The summed E-state index contributed by atoms with van der Waals surface area (Å²) in [4.78, 5) is 11.9. The Kier molecular flexibility index (Phi) is 4.55. The van der Waals surface area contributed by atoms with Crippen molar-refractivity contribution in [2.75, 3.05) is 33.0 Å². The van der Waals surface area contributed by atoms with Crippen LogP contribution in [0.15, 0.2) is 24.3 Å². The second-order valence-electron chi connectivity index (χ2n) is 4.03. The van der Waals surface area contributed by atoms with E-state index >= 15 is 0 Å². The normalized spacial score (nSPS) is 17.1. The van der Waals surface area contributed by atoms with Gasteiger partial charge < -0.3 is 19.9 Å². The summed E-state index contributed by atoms with van der Waals surface area (Å²) in [6.45, 7) is 1.53. The molecule has 0 aliphatic carbocycles. The fraction of sp³-hybridized carbons (Fsp3) is 0.462. The van der Waals surface area contributed by atoms with Crippen LogP contribution in [0.25, 0.3) is 0 Å². The Bertz CT molecular complexity index is 408. The second-order valence-corrected chi connectivity index (χ2v) is 4.03. The zero-order valence-corrected chi connectivity index (χ0v) is 10.1. The molecule has 5 heteroatoms. The lowest BCUT2D eigenvalue weighted by atomic mass is 10.0. The summed E-state index contributed by atoms with van der Waals surface area (Å²) in [5.41, 5.74) is 0.936. The third-order valence-electron chi connectivity index (χ3n) is 2.80. The molecule has 0 saturated carbocycles. The summed E-state index contributed by atoms with van der Waals surface area (Å²) in [5, 5.41) is 11.3. The van der Waals surface area contributed by atoms with E-state index in [4.69, 9.17) is 14.6 Å². The van der Waals surface area contributed by atoms with Crippen molar-refractivity contribution in [2.45, 2.75) is 5.92 Å². The molecule has 5 nitrogen and oxygen atoms in total. The molecule has 0 spiro atoms. The van der Waals surface area contributed by atoms with Crippen LogP contribution >= 0.6 is 0 Å². The molecule has 2 rings (SSSR count). The smallest absolute Gasteiger partial charge is 0.231 e. The summed E-state index contributed by atoms with van der Waals surface area (Å²) in [6, 6.07) is 7.57. The molecule has 1 aliphatic rings. The first-order chi connectivity index (χ1) is 8.83. The Labute approximate surface area is 106 Å². The zero-order valence-electron chi connectivity index (χ0n) is 10.1. The first kappa shape index (κ1) is 12.9. The van der Waals surface area contributed by atoms with Crippen LogP contribution in [-0.4, -0.2) is 44.0 Å². The first-order valence-electron chi connectivity index (χ1n) is 6.01. The summed E-state index contributed by atoms with van der Waals surface area (Å²) in [6.07, 6.45) is 0. The Balaban J connectivity index is 1.80. The van der Waals surface area contributed by atoms with E-state index in [1.807, 2.05) is 24.3 Å². The molecule has 1 aromatic carbocycles. The zero-order chi connectivity index (χ0) is 12.8. The number of hydrogen-bond acceptors (Lipinski definition) is 4. The lowest BCUT2D eigenvalue weighted by molar-refractivity contribution is -0.123. The summed E-state index contributed by atoms with van der Waals surface area (Å²) in [7, 11) is 0. The van der Waals surface area contributed by atoms with E-state index in [0.717, 1.165) is 11.3 Å². The number of fused-ring (bicyclic) bond motifs is 1. The molecule has 2 N–H and O–H groups in total. The quantitative estimate of drug-likeness (QED) is 0.713. The van der Waals surface area contributed by atoms with Crippen molar-refractivity contribution in [2.24, 2.45) is 0 Å². The molecule has 1 atom stereocenters. The number of nitrogens with one attached hydrogen (secondary N) is 1. The Morgan fingerprint density at radius 2 is 2.28 bits per heavy atom. The number of aliphatic hydroxyl groups is 1. The third-order valence-corrected chi connectivity index (χ3v) is 2.80. The molecular formula is C13H17NO4. The molecule has 0 bridgehead atoms. The van der Waals surface area contributed by atoms with Crippen LogP contribution in [0.2, 0.25) is 0 Å². The molecule has 0 saturated heterocycles. The van der Waals surface area contributed by atoms with Gasteiger partial charge in [0, 0.05) is 12.1 Å². The highest BCUT2D eigenvalue weighted by Crippen LogP contribution is 2.33. The van der Waals surface area contributed by atoms with Gasteiger partial charge >= 0.3 is 0 Å². The third kappa shape index (κ3) is 3.00. The average Bonchev–Trinajstić information content (AvgIpc) is 2.82. The number of ether oxygens (including phenoxy) is 2. The molecule has 0 aromatic heterocycles. The Morgan fingerprint density at radius 3 is 3.11 bits per heavy atom. The highest BCUT2D eigenvalue weighted by molar-refractivity contribution is 5.85. The summed E-state index contributed by atoms with van der Waals surface area (Å²) in [5.74, 6) is 0.501. The lowest BCUT2D eigenvalue weighted by Gasteiger charge is -2.10. The van der Waals surface area contributed by atoms with Gasteiger partial charge in [-0.25, -0.2) is 0 Å². The van der Waals surface area contributed by atoms with Gasteiger partial charge in [-0.2, -0.15) is 0 Å². The molecular weight excluding hydrogens is 234 g/mol. The van der Waals surface area contributed by atoms with Gasteiger partial charge in [-0.3, -0.25) is 4.79 Å². The molecule has 1 unspecified atom stereocenters. The van der Waals surface area contributed by atoms with Crippen molar-refractivity contribution in [1.82, 2.24) is 5.32 Å². The number of rotatable bonds is 6. The fourth-order valence-electron chi connectivity index (χ4n) is 1.92. The van der Waals surface area contributed by atoms with Gasteiger partial charge in [0.1, 0.15) is 18.3 Å². The standard InChI is InChI=1S/C13H17NO4/c15-6-8-17-7-5-14-13(16)11-9-18-12-4-2-1-3-10(11)12/h1-4,11,15H,5-9H2,(H,14,16). The maximum atomic E-state index is 11.9. The van der Waals surface area contributed by atoms with Crippen LogP contribution in [0, 0.1) is 0 Å². The predicted octanol–water partition coefficient (Wildman–Crippen LogP) is 0.288. The number of benzene rings is 1. The van der Waals surface area contributed by atoms with E-state index < -0.39 is 0 Å². The molecule has 0 fully saturated rings. The highest BCUT2D eigenvalue weighted by Gasteiger charge is 2.29. The number of amides is 1. The minimum Gasteiger partial charge on any atom is -0.492 e. The van der Waals surface area contributed by atoms with Gasteiger partial charge in [0.25, 0.3) is 0 Å². The van der Waals surface area contributed by atoms with E-state index in [1.54, 1.807) is 0 Å². The number of para-hydroxylation sites is 1. The van der Waals surface area contributed by atoms with E-state index in [9.17, 15) is 4.79 Å². The maximum absolute atomic E-state index is 11.9. The lowest BCUT2D eigenvalue weighted by Crippen LogP contribution is -2.32.